The second-order valence-electron chi connectivity index (χ2n) is 5.14. The van der Waals surface area contributed by atoms with Gasteiger partial charge in [-0.2, -0.15) is 0 Å². The Balaban J connectivity index is 2.06. The lowest BCUT2D eigenvalue weighted by Gasteiger charge is -2.12. The van der Waals surface area contributed by atoms with Gasteiger partial charge in [0.15, 0.2) is 7.28 Å². The van der Waals surface area contributed by atoms with Crippen LogP contribution in [0.3, 0.4) is 0 Å². The number of halogens is 1. The molecule has 1 aliphatic heterocycles. The molecule has 1 aliphatic rings. The molecule has 4 heteroatoms. The van der Waals surface area contributed by atoms with Gasteiger partial charge in [-0.05, 0) is 31.7 Å². The molecular weight excluding hydrogens is 250 g/mol. The summed E-state index contributed by atoms with van der Waals surface area (Å²) in [6, 6.07) is 8.90. The van der Waals surface area contributed by atoms with Crippen LogP contribution in [-0.2, 0) is 12.8 Å². The Morgan fingerprint density at radius 3 is 3.05 bits per heavy atom. The van der Waals surface area contributed by atoms with E-state index in [9.17, 15) is 4.39 Å². The van der Waals surface area contributed by atoms with E-state index < -0.39 is 0 Å². The molecule has 0 bridgehead atoms. The lowest BCUT2D eigenvalue weighted by atomic mass is 9.70. The zero-order valence-corrected chi connectivity index (χ0v) is 11.6. The molecule has 20 heavy (non-hydrogen) atoms. The van der Waals surface area contributed by atoms with E-state index in [1.165, 1.54) is 17.1 Å². The zero-order chi connectivity index (χ0) is 13.9. The second kappa shape index (κ2) is 5.75. The number of aryl methyl sites for hydroxylation is 1. The topological polar surface area (TPSA) is 24.9 Å². The SMILES string of the molecule is CNCCc1cc2c(c(-c3cccc(F)c3)n1)[B]CC2. The molecule has 1 aromatic heterocycles. The molecule has 2 nitrogen and oxygen atoms in total. The highest BCUT2D eigenvalue weighted by Gasteiger charge is 2.19. The Labute approximate surface area is 119 Å². The highest BCUT2D eigenvalue weighted by Crippen LogP contribution is 2.22. The maximum absolute atomic E-state index is 13.5. The van der Waals surface area contributed by atoms with Crippen molar-refractivity contribution in [3.05, 3.63) is 47.4 Å². The van der Waals surface area contributed by atoms with Crippen molar-refractivity contribution in [1.82, 2.24) is 10.3 Å². The molecule has 0 atom stereocenters. The summed E-state index contributed by atoms with van der Waals surface area (Å²) in [5, 5.41) is 3.14. The standard InChI is InChI=1S/C16H17BFN2/c1-19-8-6-14-10-11-5-7-17-15(11)16(20-14)12-3-2-4-13(18)9-12/h2-4,9-10,19H,5-8H2,1H3. The lowest BCUT2D eigenvalue weighted by Crippen LogP contribution is -2.19. The molecule has 1 radical (unpaired) electrons. The molecule has 0 unspecified atom stereocenters. The maximum Gasteiger partial charge on any atom is 0.155 e. The van der Waals surface area contributed by atoms with Gasteiger partial charge in [0.2, 0.25) is 0 Å². The van der Waals surface area contributed by atoms with Gasteiger partial charge in [-0.1, -0.05) is 29.5 Å². The molecule has 0 fully saturated rings. The highest BCUT2D eigenvalue weighted by molar-refractivity contribution is 6.57. The van der Waals surface area contributed by atoms with Gasteiger partial charge in [0.1, 0.15) is 5.82 Å². The number of nitrogens with one attached hydrogen (secondary N) is 1. The first-order valence-electron chi connectivity index (χ1n) is 7.04. The van der Waals surface area contributed by atoms with E-state index in [0.717, 1.165) is 42.7 Å². The maximum atomic E-state index is 13.5. The van der Waals surface area contributed by atoms with Crippen LogP contribution in [0, 0.1) is 5.82 Å². The average Bonchev–Trinajstić information content (AvgIpc) is 2.92. The van der Waals surface area contributed by atoms with Gasteiger partial charge in [-0.3, -0.25) is 4.98 Å². The number of nitrogens with zero attached hydrogens (tertiary/aromatic N) is 1. The van der Waals surface area contributed by atoms with Crippen LogP contribution in [0.25, 0.3) is 11.3 Å². The average molecular weight is 267 g/mol. The van der Waals surface area contributed by atoms with E-state index in [-0.39, 0.29) is 5.82 Å². The molecule has 2 heterocycles. The summed E-state index contributed by atoms with van der Waals surface area (Å²) in [6.07, 6.45) is 3.01. The van der Waals surface area contributed by atoms with Crippen molar-refractivity contribution < 1.29 is 4.39 Å². The number of rotatable bonds is 4. The summed E-state index contributed by atoms with van der Waals surface area (Å²) in [5.41, 5.74) is 5.39. The third-order valence-electron chi connectivity index (χ3n) is 3.69. The minimum Gasteiger partial charge on any atom is -0.319 e. The van der Waals surface area contributed by atoms with Crippen molar-refractivity contribution in [3.8, 4) is 11.3 Å². The van der Waals surface area contributed by atoms with E-state index in [1.807, 2.05) is 13.1 Å². The Bertz CT molecular complexity index is 628. The Hall–Kier alpha value is -1.68. The molecule has 0 amide bonds. The fraction of sp³-hybridized carbons (Fsp3) is 0.312. The van der Waals surface area contributed by atoms with E-state index in [1.54, 1.807) is 12.1 Å². The van der Waals surface area contributed by atoms with Crippen LogP contribution < -0.4 is 10.8 Å². The summed E-state index contributed by atoms with van der Waals surface area (Å²) in [4.78, 5) is 4.76. The molecule has 0 aliphatic carbocycles. The molecule has 0 spiro atoms. The fourth-order valence-electron chi connectivity index (χ4n) is 2.71. The second-order valence-corrected chi connectivity index (χ2v) is 5.14. The van der Waals surface area contributed by atoms with Gasteiger partial charge >= 0.3 is 0 Å². The molecule has 1 N–H and O–H groups in total. The van der Waals surface area contributed by atoms with Crippen molar-refractivity contribution in [2.75, 3.05) is 13.6 Å². The number of benzene rings is 1. The van der Waals surface area contributed by atoms with Crippen molar-refractivity contribution in [3.63, 3.8) is 0 Å². The Morgan fingerprint density at radius 2 is 2.25 bits per heavy atom. The van der Waals surface area contributed by atoms with Gasteiger partial charge in [0.05, 0.1) is 5.69 Å². The predicted octanol–water partition coefficient (Wildman–Crippen LogP) is 1.95. The third-order valence-corrected chi connectivity index (χ3v) is 3.69. The largest absolute Gasteiger partial charge is 0.319 e. The van der Waals surface area contributed by atoms with Crippen LogP contribution in [0.1, 0.15) is 11.3 Å². The smallest absolute Gasteiger partial charge is 0.155 e. The van der Waals surface area contributed by atoms with Crippen LogP contribution in [-0.4, -0.2) is 25.9 Å². The quantitative estimate of drug-likeness (QED) is 0.856. The van der Waals surface area contributed by atoms with Crippen LogP contribution in [0.5, 0.6) is 0 Å². The summed E-state index contributed by atoms with van der Waals surface area (Å²) in [6.45, 7) is 0.901. The Kier molecular flexibility index (Phi) is 3.83. The molecule has 0 saturated heterocycles. The predicted molar refractivity (Wildman–Crippen MR) is 81.2 cm³/mol. The number of aromatic nitrogens is 1. The third kappa shape index (κ3) is 2.61. The normalized spacial score (nSPS) is 13.1. The first-order valence-corrected chi connectivity index (χ1v) is 7.04. The van der Waals surface area contributed by atoms with Crippen molar-refractivity contribution in [2.24, 2.45) is 0 Å². The number of hydrogen-bond acceptors (Lipinski definition) is 2. The van der Waals surface area contributed by atoms with E-state index in [4.69, 9.17) is 4.98 Å². The van der Waals surface area contributed by atoms with Crippen LogP contribution >= 0.6 is 0 Å². The van der Waals surface area contributed by atoms with Gasteiger partial charge in [-0.25, -0.2) is 4.39 Å². The minimum atomic E-state index is -0.211. The summed E-state index contributed by atoms with van der Waals surface area (Å²) >= 11 is 0. The summed E-state index contributed by atoms with van der Waals surface area (Å²) in [5.74, 6) is -0.211. The van der Waals surface area contributed by atoms with Crippen molar-refractivity contribution in [1.29, 1.82) is 0 Å². The van der Waals surface area contributed by atoms with E-state index in [0.29, 0.717) is 0 Å². The minimum absolute atomic E-state index is 0.211. The monoisotopic (exact) mass is 267 g/mol. The number of fused-ring (bicyclic) bond motifs is 1. The molecule has 2 aromatic rings. The summed E-state index contributed by atoms with van der Waals surface area (Å²) < 4.78 is 13.5. The van der Waals surface area contributed by atoms with Crippen molar-refractivity contribution in [2.45, 2.75) is 19.2 Å². The van der Waals surface area contributed by atoms with E-state index >= 15 is 0 Å². The zero-order valence-electron chi connectivity index (χ0n) is 11.6. The fourth-order valence-corrected chi connectivity index (χ4v) is 2.71. The van der Waals surface area contributed by atoms with Gasteiger partial charge in [0, 0.05) is 24.2 Å². The first kappa shape index (κ1) is 13.3. The van der Waals surface area contributed by atoms with Crippen LogP contribution in [0.15, 0.2) is 30.3 Å². The van der Waals surface area contributed by atoms with Gasteiger partial charge < -0.3 is 5.32 Å². The van der Waals surface area contributed by atoms with Gasteiger partial charge in [0.25, 0.3) is 0 Å². The molecule has 101 valence electrons. The van der Waals surface area contributed by atoms with Crippen molar-refractivity contribution >= 4 is 12.7 Å². The highest BCUT2D eigenvalue weighted by atomic mass is 19.1. The molecule has 1 aromatic carbocycles. The first-order chi connectivity index (χ1) is 9.78. The molecule has 0 saturated carbocycles. The summed E-state index contributed by atoms with van der Waals surface area (Å²) in [7, 11) is 4.15. The number of hydrogen-bond donors (Lipinski definition) is 1. The molecular formula is C16H17BFN2. The van der Waals surface area contributed by atoms with Crippen LogP contribution in [0.2, 0.25) is 6.32 Å². The number of likely N-dealkylation sites (N-methyl/N-ethyl adjacent to an activating group) is 1. The molecule has 3 rings (SSSR count). The van der Waals surface area contributed by atoms with Crippen LogP contribution in [0.4, 0.5) is 4.39 Å². The van der Waals surface area contributed by atoms with E-state index in [2.05, 4.69) is 18.7 Å². The lowest BCUT2D eigenvalue weighted by molar-refractivity contribution is 0.628. The Morgan fingerprint density at radius 1 is 1.35 bits per heavy atom. The van der Waals surface area contributed by atoms with Gasteiger partial charge in [-0.15, -0.1) is 0 Å². The number of pyridine rings is 1.